The Balaban J connectivity index is 2.85. The highest BCUT2D eigenvalue weighted by Crippen LogP contribution is 2.16. The summed E-state index contributed by atoms with van der Waals surface area (Å²) >= 11 is 0. The smallest absolute Gasteiger partial charge is 0.328 e. The Morgan fingerprint density at radius 3 is 2.50 bits per heavy atom. The second-order valence-corrected chi connectivity index (χ2v) is 5.24. The Hall–Kier alpha value is -2.37. The van der Waals surface area contributed by atoms with E-state index in [9.17, 15) is 14.0 Å². The van der Waals surface area contributed by atoms with E-state index in [0.29, 0.717) is 5.69 Å². The van der Waals surface area contributed by atoms with Crippen LogP contribution in [0.3, 0.4) is 0 Å². The number of nitrogens with one attached hydrogen (secondary N) is 2. The zero-order valence-corrected chi connectivity index (χ0v) is 11.5. The molecule has 0 unspecified atom stereocenters. The maximum absolute atomic E-state index is 13.5. The summed E-state index contributed by atoms with van der Waals surface area (Å²) < 4.78 is 13.5. The zero-order chi connectivity index (χ0) is 15.3. The van der Waals surface area contributed by atoms with Gasteiger partial charge in [-0.05, 0) is 45.0 Å². The van der Waals surface area contributed by atoms with Crippen LogP contribution in [0.4, 0.5) is 14.9 Å². The standard InChI is InChI=1S/C14H17FN2O3/c1-14(2,3)17-13(20)16-10-5-6-11(15)9(8-10)4-7-12(18)19/h4-8H,1-3H3,(H,18,19)(H2,16,17,20)/b7-4+. The Morgan fingerprint density at radius 2 is 1.95 bits per heavy atom. The number of hydrogen-bond acceptors (Lipinski definition) is 2. The van der Waals surface area contributed by atoms with Gasteiger partial charge in [0, 0.05) is 22.9 Å². The predicted molar refractivity (Wildman–Crippen MR) is 75.0 cm³/mol. The minimum atomic E-state index is -1.17. The molecule has 108 valence electrons. The van der Waals surface area contributed by atoms with Gasteiger partial charge >= 0.3 is 12.0 Å². The van der Waals surface area contributed by atoms with Crippen LogP contribution in [0.5, 0.6) is 0 Å². The number of urea groups is 1. The Labute approximate surface area is 116 Å². The zero-order valence-electron chi connectivity index (χ0n) is 11.5. The number of aliphatic carboxylic acids is 1. The van der Waals surface area contributed by atoms with E-state index in [1.807, 2.05) is 20.8 Å². The average Bonchev–Trinajstić information content (AvgIpc) is 2.27. The lowest BCUT2D eigenvalue weighted by molar-refractivity contribution is -0.131. The minimum Gasteiger partial charge on any atom is -0.478 e. The van der Waals surface area contributed by atoms with Crippen molar-refractivity contribution in [2.75, 3.05) is 5.32 Å². The molecule has 0 aromatic heterocycles. The maximum atomic E-state index is 13.5. The normalized spacial score (nSPS) is 11.4. The van der Waals surface area contributed by atoms with E-state index >= 15 is 0 Å². The first-order valence-corrected chi connectivity index (χ1v) is 5.97. The van der Waals surface area contributed by atoms with Crippen LogP contribution in [0.15, 0.2) is 24.3 Å². The van der Waals surface area contributed by atoms with Crippen molar-refractivity contribution in [3.63, 3.8) is 0 Å². The van der Waals surface area contributed by atoms with Crippen LogP contribution in [-0.2, 0) is 4.79 Å². The van der Waals surface area contributed by atoms with E-state index in [2.05, 4.69) is 10.6 Å². The van der Waals surface area contributed by atoms with E-state index in [1.165, 1.54) is 12.1 Å². The molecule has 0 aliphatic rings. The first-order chi connectivity index (χ1) is 9.17. The molecule has 0 heterocycles. The Kier molecular flexibility index (Phi) is 4.85. The van der Waals surface area contributed by atoms with Crippen molar-refractivity contribution in [3.05, 3.63) is 35.7 Å². The number of carbonyl (C=O) groups is 2. The van der Waals surface area contributed by atoms with E-state index < -0.39 is 23.4 Å². The molecule has 2 amide bonds. The summed E-state index contributed by atoms with van der Waals surface area (Å²) in [5, 5.41) is 13.8. The lowest BCUT2D eigenvalue weighted by atomic mass is 10.1. The SMILES string of the molecule is CC(C)(C)NC(=O)Nc1ccc(F)c(/C=C/C(=O)O)c1. The van der Waals surface area contributed by atoms with Gasteiger partial charge in [-0.1, -0.05) is 0 Å². The number of amides is 2. The first kappa shape index (κ1) is 15.7. The van der Waals surface area contributed by atoms with E-state index in [-0.39, 0.29) is 5.56 Å². The third kappa shape index (κ3) is 5.51. The van der Waals surface area contributed by atoms with Crippen molar-refractivity contribution < 1.29 is 19.1 Å². The lowest BCUT2D eigenvalue weighted by Crippen LogP contribution is -2.43. The van der Waals surface area contributed by atoms with Crippen LogP contribution < -0.4 is 10.6 Å². The number of halogens is 1. The second-order valence-electron chi connectivity index (χ2n) is 5.24. The fourth-order valence-electron chi connectivity index (χ4n) is 1.41. The topological polar surface area (TPSA) is 78.4 Å². The van der Waals surface area contributed by atoms with Gasteiger partial charge in [0.25, 0.3) is 0 Å². The molecule has 1 aromatic rings. The second kappa shape index (κ2) is 6.18. The van der Waals surface area contributed by atoms with Crippen molar-refractivity contribution >= 4 is 23.8 Å². The summed E-state index contributed by atoms with van der Waals surface area (Å²) in [7, 11) is 0. The van der Waals surface area contributed by atoms with Crippen molar-refractivity contribution in [2.24, 2.45) is 0 Å². The molecule has 0 saturated heterocycles. The monoisotopic (exact) mass is 280 g/mol. The van der Waals surface area contributed by atoms with E-state index in [4.69, 9.17) is 5.11 Å². The lowest BCUT2D eigenvalue weighted by Gasteiger charge is -2.20. The van der Waals surface area contributed by atoms with Crippen LogP contribution in [0, 0.1) is 5.82 Å². The highest BCUT2D eigenvalue weighted by Gasteiger charge is 2.13. The Morgan fingerprint density at radius 1 is 1.30 bits per heavy atom. The summed E-state index contributed by atoms with van der Waals surface area (Å²) in [6.07, 6.45) is 1.96. The summed E-state index contributed by atoms with van der Waals surface area (Å²) in [5.74, 6) is -1.74. The predicted octanol–water partition coefficient (Wildman–Crippen LogP) is 2.84. The van der Waals surface area contributed by atoms with Crippen molar-refractivity contribution in [1.82, 2.24) is 5.32 Å². The van der Waals surface area contributed by atoms with Gasteiger partial charge in [-0.15, -0.1) is 0 Å². The van der Waals surface area contributed by atoms with Crippen molar-refractivity contribution in [1.29, 1.82) is 0 Å². The third-order valence-electron chi connectivity index (χ3n) is 2.15. The van der Waals surface area contributed by atoms with Gasteiger partial charge < -0.3 is 15.7 Å². The molecule has 0 atom stereocenters. The third-order valence-corrected chi connectivity index (χ3v) is 2.15. The number of hydrogen-bond donors (Lipinski definition) is 3. The number of rotatable bonds is 3. The van der Waals surface area contributed by atoms with Crippen molar-refractivity contribution in [3.8, 4) is 0 Å². The van der Waals surface area contributed by atoms with Gasteiger partial charge in [0.1, 0.15) is 5.82 Å². The molecule has 0 radical (unpaired) electrons. The fraction of sp³-hybridized carbons (Fsp3) is 0.286. The minimum absolute atomic E-state index is 0.0842. The number of benzene rings is 1. The van der Waals surface area contributed by atoms with Crippen LogP contribution in [-0.4, -0.2) is 22.6 Å². The molecule has 0 fully saturated rings. The van der Waals surface area contributed by atoms with Crippen LogP contribution >= 0.6 is 0 Å². The summed E-state index contributed by atoms with van der Waals surface area (Å²) in [4.78, 5) is 22.1. The summed E-state index contributed by atoms with van der Waals surface area (Å²) in [6, 6.07) is 3.50. The molecule has 0 aliphatic carbocycles. The van der Waals surface area contributed by atoms with E-state index in [0.717, 1.165) is 18.2 Å². The number of carboxylic acids is 1. The molecule has 20 heavy (non-hydrogen) atoms. The maximum Gasteiger partial charge on any atom is 0.328 e. The summed E-state index contributed by atoms with van der Waals surface area (Å²) in [6.45, 7) is 5.49. The number of anilines is 1. The molecule has 5 nitrogen and oxygen atoms in total. The van der Waals surface area contributed by atoms with Gasteiger partial charge in [-0.3, -0.25) is 0 Å². The largest absolute Gasteiger partial charge is 0.478 e. The highest BCUT2D eigenvalue weighted by molar-refractivity contribution is 5.90. The quantitative estimate of drug-likeness (QED) is 0.745. The molecule has 6 heteroatoms. The average molecular weight is 280 g/mol. The number of carboxylic acid groups (broad SMARTS) is 1. The van der Waals surface area contributed by atoms with Gasteiger partial charge in [0.2, 0.25) is 0 Å². The molecule has 0 spiro atoms. The molecule has 0 bridgehead atoms. The molecule has 1 aromatic carbocycles. The molecular formula is C14H17FN2O3. The molecule has 1 rings (SSSR count). The first-order valence-electron chi connectivity index (χ1n) is 5.97. The van der Waals surface area contributed by atoms with Crippen LogP contribution in [0.2, 0.25) is 0 Å². The van der Waals surface area contributed by atoms with Gasteiger partial charge in [0.05, 0.1) is 0 Å². The highest BCUT2D eigenvalue weighted by atomic mass is 19.1. The van der Waals surface area contributed by atoms with Crippen molar-refractivity contribution in [2.45, 2.75) is 26.3 Å². The number of carbonyl (C=O) groups excluding carboxylic acids is 1. The summed E-state index contributed by atoms with van der Waals surface area (Å²) in [5.41, 5.74) is 0.0648. The molecular weight excluding hydrogens is 263 g/mol. The van der Waals surface area contributed by atoms with Crippen LogP contribution in [0.1, 0.15) is 26.3 Å². The van der Waals surface area contributed by atoms with Gasteiger partial charge in [0.15, 0.2) is 0 Å². The Bertz CT molecular complexity index is 548. The molecule has 0 saturated carbocycles. The van der Waals surface area contributed by atoms with Crippen LogP contribution in [0.25, 0.3) is 6.08 Å². The molecule has 3 N–H and O–H groups in total. The van der Waals surface area contributed by atoms with Gasteiger partial charge in [-0.2, -0.15) is 0 Å². The fourth-order valence-corrected chi connectivity index (χ4v) is 1.41. The van der Waals surface area contributed by atoms with E-state index in [1.54, 1.807) is 0 Å². The molecule has 0 aliphatic heterocycles. The van der Waals surface area contributed by atoms with Gasteiger partial charge in [-0.25, -0.2) is 14.0 Å².